The third-order valence-corrected chi connectivity index (χ3v) is 2.22. The summed E-state index contributed by atoms with van der Waals surface area (Å²) in [5.41, 5.74) is 7.57. The molecular formula is C11H19N3O. The molecule has 1 aromatic rings. The molecule has 0 aromatic carbocycles. The van der Waals surface area contributed by atoms with Crippen LogP contribution in [0.2, 0.25) is 0 Å². The summed E-state index contributed by atoms with van der Waals surface area (Å²) in [6.07, 6.45) is 1.43. The summed E-state index contributed by atoms with van der Waals surface area (Å²) in [7, 11) is 1.93. The van der Waals surface area contributed by atoms with Crippen LogP contribution in [0, 0.1) is 0 Å². The molecule has 0 spiro atoms. The molecule has 0 bridgehead atoms. The van der Waals surface area contributed by atoms with Gasteiger partial charge in [0.1, 0.15) is 0 Å². The van der Waals surface area contributed by atoms with Crippen molar-refractivity contribution in [3.05, 3.63) is 24.0 Å². The van der Waals surface area contributed by atoms with Gasteiger partial charge in [-0.15, -0.1) is 0 Å². The predicted octanol–water partition coefficient (Wildman–Crippen LogP) is 0.918. The Morgan fingerprint density at radius 3 is 2.53 bits per heavy atom. The molecule has 4 nitrogen and oxygen atoms in total. The molecule has 0 fully saturated rings. The minimum atomic E-state index is -0.344. The summed E-state index contributed by atoms with van der Waals surface area (Å²) in [5.74, 6) is 0. The molecule has 4 heteroatoms. The Bertz CT molecular complexity index is 295. The summed E-state index contributed by atoms with van der Waals surface area (Å²) in [5, 5.41) is 9.24. The second-order valence-corrected chi connectivity index (χ2v) is 3.96. The molecule has 1 aromatic heterocycles. The zero-order chi connectivity index (χ0) is 11.4. The minimum Gasteiger partial charge on any atom is -0.392 e. The van der Waals surface area contributed by atoms with Crippen molar-refractivity contribution < 1.29 is 5.11 Å². The van der Waals surface area contributed by atoms with Crippen molar-refractivity contribution >= 4 is 5.69 Å². The highest BCUT2D eigenvalue weighted by molar-refractivity contribution is 5.43. The van der Waals surface area contributed by atoms with E-state index < -0.39 is 0 Å². The van der Waals surface area contributed by atoms with Crippen LogP contribution in [0.4, 0.5) is 5.69 Å². The Kier molecular flexibility index (Phi) is 4.05. The Labute approximate surface area is 90.7 Å². The Morgan fingerprint density at radius 2 is 2.13 bits per heavy atom. The van der Waals surface area contributed by atoms with Crippen molar-refractivity contribution in [3.8, 4) is 0 Å². The summed E-state index contributed by atoms with van der Waals surface area (Å²) in [6, 6.07) is 3.84. The van der Waals surface area contributed by atoms with Gasteiger partial charge in [0, 0.05) is 19.6 Å². The van der Waals surface area contributed by atoms with Crippen molar-refractivity contribution in [2.45, 2.75) is 26.0 Å². The number of hydrogen-bond acceptors (Lipinski definition) is 4. The summed E-state index contributed by atoms with van der Waals surface area (Å²) >= 11 is 0. The van der Waals surface area contributed by atoms with Crippen molar-refractivity contribution in [1.82, 2.24) is 4.98 Å². The molecule has 1 unspecified atom stereocenters. The van der Waals surface area contributed by atoms with E-state index in [1.54, 1.807) is 13.1 Å². The van der Waals surface area contributed by atoms with E-state index in [1.807, 2.05) is 31.0 Å². The van der Waals surface area contributed by atoms with E-state index in [-0.39, 0.29) is 12.1 Å². The van der Waals surface area contributed by atoms with Crippen LogP contribution in [0.15, 0.2) is 18.3 Å². The molecule has 0 radical (unpaired) electrons. The Hall–Kier alpha value is -1.13. The highest BCUT2D eigenvalue weighted by atomic mass is 16.3. The van der Waals surface area contributed by atoms with E-state index in [0.29, 0.717) is 6.54 Å². The molecule has 15 heavy (non-hydrogen) atoms. The predicted molar refractivity (Wildman–Crippen MR) is 61.8 cm³/mol. The van der Waals surface area contributed by atoms with Gasteiger partial charge < -0.3 is 15.7 Å². The van der Waals surface area contributed by atoms with E-state index >= 15 is 0 Å². The van der Waals surface area contributed by atoms with Gasteiger partial charge in [0.05, 0.1) is 23.7 Å². The number of pyridine rings is 1. The van der Waals surface area contributed by atoms with E-state index in [2.05, 4.69) is 4.98 Å². The van der Waals surface area contributed by atoms with Crippen LogP contribution >= 0.6 is 0 Å². The molecule has 0 aliphatic rings. The third-order valence-electron chi connectivity index (χ3n) is 2.22. The van der Waals surface area contributed by atoms with Crippen LogP contribution in [0.25, 0.3) is 0 Å². The van der Waals surface area contributed by atoms with Gasteiger partial charge in [0.15, 0.2) is 0 Å². The molecule has 0 amide bonds. The van der Waals surface area contributed by atoms with Gasteiger partial charge >= 0.3 is 0 Å². The minimum absolute atomic E-state index is 0.0406. The van der Waals surface area contributed by atoms with Crippen molar-refractivity contribution in [2.24, 2.45) is 5.73 Å². The molecule has 0 aliphatic carbocycles. The van der Waals surface area contributed by atoms with Crippen LogP contribution < -0.4 is 10.6 Å². The van der Waals surface area contributed by atoms with Crippen LogP contribution in [0.3, 0.4) is 0 Å². The third kappa shape index (κ3) is 3.49. The van der Waals surface area contributed by atoms with Gasteiger partial charge in [0.25, 0.3) is 0 Å². The van der Waals surface area contributed by atoms with Crippen LogP contribution in [0.1, 0.15) is 25.6 Å². The monoisotopic (exact) mass is 209 g/mol. The van der Waals surface area contributed by atoms with Gasteiger partial charge in [-0.3, -0.25) is 4.98 Å². The number of nitrogens with zero attached hydrogens (tertiary/aromatic N) is 2. The first kappa shape index (κ1) is 11.9. The number of aromatic nitrogens is 1. The number of hydrogen-bond donors (Lipinski definition) is 2. The average molecular weight is 209 g/mol. The maximum Gasteiger partial charge on any atom is 0.0686 e. The molecule has 0 saturated heterocycles. The first-order valence-electron chi connectivity index (χ1n) is 5.11. The topological polar surface area (TPSA) is 62.4 Å². The SMILES string of the molecule is CC(O)CN(C)c1ccc([C@@H](C)N)nc1. The van der Waals surface area contributed by atoms with Crippen molar-refractivity contribution in [2.75, 3.05) is 18.5 Å². The van der Waals surface area contributed by atoms with E-state index in [4.69, 9.17) is 5.73 Å². The van der Waals surface area contributed by atoms with Gasteiger partial charge in [-0.05, 0) is 26.0 Å². The van der Waals surface area contributed by atoms with E-state index in [1.165, 1.54) is 0 Å². The standard InChI is InChI=1S/C11H19N3O/c1-8(15)7-14(3)10-4-5-11(9(2)12)13-6-10/h4-6,8-9,15H,7,12H2,1-3H3/t8?,9-/m1/s1. The zero-order valence-corrected chi connectivity index (χ0v) is 9.51. The summed E-state index contributed by atoms with van der Waals surface area (Å²) in [6.45, 7) is 4.26. The fourth-order valence-electron chi connectivity index (χ4n) is 1.39. The molecule has 3 N–H and O–H groups in total. The number of nitrogens with two attached hydrogens (primary N) is 1. The van der Waals surface area contributed by atoms with Gasteiger partial charge in [-0.25, -0.2) is 0 Å². The Balaban J connectivity index is 2.71. The number of aliphatic hydroxyl groups is 1. The lowest BCUT2D eigenvalue weighted by Gasteiger charge is -2.20. The molecule has 1 rings (SSSR count). The van der Waals surface area contributed by atoms with E-state index in [0.717, 1.165) is 11.4 Å². The molecule has 2 atom stereocenters. The zero-order valence-electron chi connectivity index (χ0n) is 9.51. The highest BCUT2D eigenvalue weighted by Gasteiger charge is 2.06. The second-order valence-electron chi connectivity index (χ2n) is 3.96. The lowest BCUT2D eigenvalue weighted by molar-refractivity contribution is 0.201. The molecular weight excluding hydrogens is 190 g/mol. The van der Waals surface area contributed by atoms with E-state index in [9.17, 15) is 5.11 Å². The van der Waals surface area contributed by atoms with Gasteiger partial charge in [0.2, 0.25) is 0 Å². The van der Waals surface area contributed by atoms with Crippen molar-refractivity contribution in [3.63, 3.8) is 0 Å². The number of anilines is 1. The smallest absolute Gasteiger partial charge is 0.0686 e. The molecule has 1 heterocycles. The van der Waals surface area contributed by atoms with Crippen LogP contribution in [-0.4, -0.2) is 29.8 Å². The molecule has 84 valence electrons. The summed E-state index contributed by atoms with van der Waals surface area (Å²) in [4.78, 5) is 6.22. The lowest BCUT2D eigenvalue weighted by atomic mass is 10.2. The first-order valence-corrected chi connectivity index (χ1v) is 5.11. The normalized spacial score (nSPS) is 14.7. The maximum atomic E-state index is 9.24. The fraction of sp³-hybridized carbons (Fsp3) is 0.545. The highest BCUT2D eigenvalue weighted by Crippen LogP contribution is 2.14. The fourth-order valence-corrected chi connectivity index (χ4v) is 1.39. The first-order chi connectivity index (χ1) is 7.00. The number of rotatable bonds is 4. The molecule has 0 aliphatic heterocycles. The number of likely N-dealkylation sites (N-methyl/N-ethyl adjacent to an activating group) is 1. The number of aliphatic hydroxyl groups excluding tert-OH is 1. The van der Waals surface area contributed by atoms with Gasteiger partial charge in [-0.2, -0.15) is 0 Å². The lowest BCUT2D eigenvalue weighted by Crippen LogP contribution is -2.27. The Morgan fingerprint density at radius 1 is 1.47 bits per heavy atom. The largest absolute Gasteiger partial charge is 0.392 e. The maximum absolute atomic E-state index is 9.24. The molecule has 0 saturated carbocycles. The summed E-state index contributed by atoms with van der Waals surface area (Å²) < 4.78 is 0. The van der Waals surface area contributed by atoms with Crippen LogP contribution in [0.5, 0.6) is 0 Å². The average Bonchev–Trinajstić information content (AvgIpc) is 2.17. The van der Waals surface area contributed by atoms with Crippen LogP contribution in [-0.2, 0) is 0 Å². The van der Waals surface area contributed by atoms with Crippen molar-refractivity contribution in [1.29, 1.82) is 0 Å². The van der Waals surface area contributed by atoms with Gasteiger partial charge in [-0.1, -0.05) is 0 Å². The second kappa shape index (κ2) is 5.09. The quantitative estimate of drug-likeness (QED) is 0.774.